The van der Waals surface area contributed by atoms with E-state index in [2.05, 4.69) is 15.5 Å². The molecule has 0 fully saturated rings. The van der Waals surface area contributed by atoms with E-state index in [4.69, 9.17) is 13.3 Å². The van der Waals surface area contributed by atoms with Gasteiger partial charge in [-0.1, -0.05) is 6.42 Å². The molecule has 0 amide bonds. The summed E-state index contributed by atoms with van der Waals surface area (Å²) in [6.45, 7) is 2.75. The SMILES string of the molecule is CO[Si](CCCCCn1nnnc1C)(OC)OC. The Morgan fingerprint density at radius 1 is 1.06 bits per heavy atom. The smallest absolute Gasteiger partial charge is 0.377 e. The van der Waals surface area contributed by atoms with E-state index in [0.717, 1.165) is 37.7 Å². The van der Waals surface area contributed by atoms with E-state index in [9.17, 15) is 0 Å². The van der Waals surface area contributed by atoms with Crippen LogP contribution in [0.25, 0.3) is 0 Å². The van der Waals surface area contributed by atoms with E-state index in [-0.39, 0.29) is 0 Å². The van der Waals surface area contributed by atoms with Crippen molar-refractivity contribution in [1.29, 1.82) is 0 Å². The number of hydrogen-bond acceptors (Lipinski definition) is 6. The molecular weight excluding hydrogens is 252 g/mol. The van der Waals surface area contributed by atoms with Gasteiger partial charge in [-0.05, 0) is 30.2 Å². The quantitative estimate of drug-likeness (QED) is 0.495. The van der Waals surface area contributed by atoms with Gasteiger partial charge in [-0.15, -0.1) is 5.10 Å². The Balaban J connectivity index is 2.20. The highest BCUT2D eigenvalue weighted by Gasteiger charge is 2.36. The predicted molar refractivity (Wildman–Crippen MR) is 68.0 cm³/mol. The second-order valence-corrected chi connectivity index (χ2v) is 7.15. The fourth-order valence-corrected chi connectivity index (χ4v) is 3.59. The van der Waals surface area contributed by atoms with E-state index in [1.165, 1.54) is 0 Å². The summed E-state index contributed by atoms with van der Waals surface area (Å²) >= 11 is 0. The van der Waals surface area contributed by atoms with Gasteiger partial charge in [0.2, 0.25) is 0 Å². The van der Waals surface area contributed by atoms with Crippen LogP contribution in [0.1, 0.15) is 25.1 Å². The normalized spacial score (nSPS) is 12.0. The molecule has 0 aliphatic rings. The van der Waals surface area contributed by atoms with E-state index >= 15 is 0 Å². The van der Waals surface area contributed by atoms with E-state index < -0.39 is 8.80 Å². The first-order valence-corrected chi connectivity index (χ1v) is 7.99. The Kier molecular flexibility index (Phi) is 6.40. The molecule has 0 N–H and O–H groups in total. The Hall–Kier alpha value is -0.833. The molecule has 8 heteroatoms. The van der Waals surface area contributed by atoms with Gasteiger partial charge in [-0.2, -0.15) is 0 Å². The molecule has 0 atom stereocenters. The zero-order chi connectivity index (χ0) is 13.4. The number of tetrazole rings is 1. The highest BCUT2D eigenvalue weighted by atomic mass is 28.4. The van der Waals surface area contributed by atoms with Gasteiger partial charge in [-0.3, -0.25) is 0 Å². The summed E-state index contributed by atoms with van der Waals surface area (Å²) in [6, 6.07) is 0.838. The van der Waals surface area contributed by atoms with Crippen LogP contribution in [-0.4, -0.2) is 50.3 Å². The molecule has 1 aromatic rings. The van der Waals surface area contributed by atoms with Crippen molar-refractivity contribution < 1.29 is 13.3 Å². The first-order valence-electron chi connectivity index (χ1n) is 6.05. The molecule has 0 aromatic carbocycles. The number of unbranched alkanes of at least 4 members (excludes halogenated alkanes) is 2. The Morgan fingerprint density at radius 2 is 1.72 bits per heavy atom. The van der Waals surface area contributed by atoms with Crippen molar-refractivity contribution in [3.05, 3.63) is 5.82 Å². The Labute approximate surface area is 109 Å². The van der Waals surface area contributed by atoms with Crippen LogP contribution >= 0.6 is 0 Å². The predicted octanol–water partition coefficient (Wildman–Crippen LogP) is 1.03. The third-order valence-corrected chi connectivity index (χ3v) is 5.83. The van der Waals surface area contributed by atoms with E-state index in [1.807, 2.05) is 11.6 Å². The van der Waals surface area contributed by atoms with Gasteiger partial charge in [0.15, 0.2) is 0 Å². The summed E-state index contributed by atoms with van der Waals surface area (Å²) in [5, 5.41) is 11.4. The fraction of sp³-hybridized carbons (Fsp3) is 0.900. The fourth-order valence-electron chi connectivity index (χ4n) is 1.79. The first kappa shape index (κ1) is 15.2. The molecule has 7 nitrogen and oxygen atoms in total. The van der Waals surface area contributed by atoms with Gasteiger partial charge in [0.1, 0.15) is 5.82 Å². The van der Waals surface area contributed by atoms with Crippen LogP contribution < -0.4 is 0 Å². The lowest BCUT2D eigenvalue weighted by molar-refractivity contribution is 0.122. The number of aromatic nitrogens is 4. The zero-order valence-electron chi connectivity index (χ0n) is 11.5. The first-order chi connectivity index (χ1) is 8.67. The van der Waals surface area contributed by atoms with Gasteiger partial charge in [0.05, 0.1) is 0 Å². The summed E-state index contributed by atoms with van der Waals surface area (Å²) in [7, 11) is 2.54. The van der Waals surface area contributed by atoms with Crippen molar-refractivity contribution in [2.24, 2.45) is 0 Å². The number of aryl methyl sites for hydroxylation is 2. The Morgan fingerprint density at radius 3 is 2.22 bits per heavy atom. The van der Waals surface area contributed by atoms with Gasteiger partial charge >= 0.3 is 8.80 Å². The lowest BCUT2D eigenvalue weighted by Gasteiger charge is -2.24. The molecule has 1 aromatic heterocycles. The summed E-state index contributed by atoms with van der Waals surface area (Å²) < 4.78 is 17.9. The van der Waals surface area contributed by atoms with Crippen LogP contribution in [-0.2, 0) is 19.8 Å². The second-order valence-electron chi connectivity index (χ2n) is 4.06. The lowest BCUT2D eigenvalue weighted by atomic mass is 10.2. The largest absolute Gasteiger partial charge is 0.500 e. The Bertz CT molecular complexity index is 335. The minimum Gasteiger partial charge on any atom is -0.377 e. The van der Waals surface area contributed by atoms with Crippen molar-refractivity contribution in [3.63, 3.8) is 0 Å². The minimum atomic E-state index is -2.39. The maximum absolute atomic E-state index is 5.36. The van der Waals surface area contributed by atoms with Gasteiger partial charge in [-0.25, -0.2) is 4.68 Å². The second kappa shape index (κ2) is 7.57. The summed E-state index contributed by atoms with van der Waals surface area (Å²) in [5.74, 6) is 0.851. The molecule has 0 saturated heterocycles. The molecule has 0 aliphatic carbocycles. The minimum absolute atomic E-state index is 0.838. The number of rotatable bonds is 9. The van der Waals surface area contributed by atoms with Crippen LogP contribution in [0.15, 0.2) is 0 Å². The van der Waals surface area contributed by atoms with Crippen molar-refractivity contribution in [2.75, 3.05) is 21.3 Å². The van der Waals surface area contributed by atoms with Crippen molar-refractivity contribution in [1.82, 2.24) is 20.2 Å². The summed E-state index contributed by atoms with van der Waals surface area (Å²) in [5.41, 5.74) is 0. The molecule has 0 spiro atoms. The number of nitrogens with zero attached hydrogens (tertiary/aromatic N) is 4. The van der Waals surface area contributed by atoms with E-state index in [0.29, 0.717) is 0 Å². The van der Waals surface area contributed by atoms with Crippen molar-refractivity contribution in [3.8, 4) is 0 Å². The van der Waals surface area contributed by atoms with Crippen LogP contribution in [0.5, 0.6) is 0 Å². The maximum Gasteiger partial charge on any atom is 0.500 e. The number of hydrogen-bond donors (Lipinski definition) is 0. The monoisotopic (exact) mass is 274 g/mol. The average molecular weight is 274 g/mol. The summed E-state index contributed by atoms with van der Waals surface area (Å²) in [6.07, 6.45) is 3.13. The molecule has 1 rings (SSSR count). The molecule has 0 aliphatic heterocycles. The molecule has 0 saturated carbocycles. The molecule has 18 heavy (non-hydrogen) atoms. The molecular formula is C10H22N4O3Si. The van der Waals surface area contributed by atoms with Crippen molar-refractivity contribution in [2.45, 2.75) is 38.8 Å². The lowest BCUT2D eigenvalue weighted by Crippen LogP contribution is -2.42. The van der Waals surface area contributed by atoms with Crippen LogP contribution in [0.2, 0.25) is 6.04 Å². The third-order valence-electron chi connectivity index (χ3n) is 3.00. The standard InChI is InChI=1S/C10H22N4O3Si/c1-10-11-12-13-14(10)8-6-5-7-9-18(15-2,16-3)17-4/h5-9H2,1-4H3. The van der Waals surface area contributed by atoms with Gasteiger partial charge in [0.25, 0.3) is 0 Å². The molecule has 0 unspecified atom stereocenters. The van der Waals surface area contributed by atoms with Crippen LogP contribution in [0.4, 0.5) is 0 Å². The average Bonchev–Trinajstić information content (AvgIpc) is 2.80. The van der Waals surface area contributed by atoms with Gasteiger partial charge in [0, 0.05) is 33.9 Å². The molecule has 104 valence electrons. The third kappa shape index (κ3) is 4.12. The highest BCUT2D eigenvalue weighted by molar-refractivity contribution is 6.60. The van der Waals surface area contributed by atoms with Crippen LogP contribution in [0, 0.1) is 6.92 Å². The molecule has 0 radical (unpaired) electrons. The van der Waals surface area contributed by atoms with Gasteiger partial charge < -0.3 is 13.3 Å². The molecule has 1 heterocycles. The molecule has 0 bridgehead atoms. The zero-order valence-corrected chi connectivity index (χ0v) is 12.5. The van der Waals surface area contributed by atoms with Crippen LogP contribution in [0.3, 0.4) is 0 Å². The highest BCUT2D eigenvalue weighted by Crippen LogP contribution is 2.17. The van der Waals surface area contributed by atoms with Crippen molar-refractivity contribution >= 4 is 8.80 Å². The summed E-state index contributed by atoms with van der Waals surface area (Å²) in [4.78, 5) is 0. The van der Waals surface area contributed by atoms with E-state index in [1.54, 1.807) is 21.3 Å². The maximum atomic E-state index is 5.36. The topological polar surface area (TPSA) is 71.3 Å².